The minimum absolute atomic E-state index is 0.209. The van der Waals surface area contributed by atoms with Crippen LogP contribution >= 0.6 is 11.3 Å². The number of benzene rings is 2. The quantitative estimate of drug-likeness (QED) is 0.665. The fourth-order valence-corrected chi connectivity index (χ4v) is 7.07. The molecule has 154 valence electrons. The van der Waals surface area contributed by atoms with Crippen molar-refractivity contribution in [1.82, 2.24) is 9.62 Å². The molecule has 5 rings (SSSR count). The first-order chi connectivity index (χ1) is 14.5. The van der Waals surface area contributed by atoms with Gasteiger partial charge in [-0.05, 0) is 46.5 Å². The molecule has 7 heteroatoms. The number of carbonyl (C=O) groups is 1. The fourth-order valence-electron chi connectivity index (χ4n) is 4.39. The second-order valence-corrected chi connectivity index (χ2v) is 10.9. The molecule has 1 amide bonds. The van der Waals surface area contributed by atoms with Gasteiger partial charge in [-0.25, -0.2) is 8.42 Å². The van der Waals surface area contributed by atoms with E-state index in [4.69, 9.17) is 0 Å². The maximum absolute atomic E-state index is 13.3. The first-order valence-electron chi connectivity index (χ1n) is 10.0. The molecule has 2 atom stereocenters. The number of sulfonamides is 1. The SMILES string of the molecule is O=C(NC[C@@H]1Cc2ccccc21)[C@@H]1Cc2ccccc2CN1S(=O)(=O)c1cccs1. The molecule has 1 aromatic heterocycles. The van der Waals surface area contributed by atoms with Crippen molar-refractivity contribution in [1.29, 1.82) is 0 Å². The van der Waals surface area contributed by atoms with Crippen LogP contribution in [0.4, 0.5) is 0 Å². The minimum atomic E-state index is -3.74. The highest BCUT2D eigenvalue weighted by Gasteiger charge is 2.40. The third-order valence-corrected chi connectivity index (χ3v) is 9.28. The van der Waals surface area contributed by atoms with Crippen LogP contribution in [-0.2, 0) is 34.2 Å². The Balaban J connectivity index is 1.39. The van der Waals surface area contributed by atoms with E-state index in [1.54, 1.807) is 17.5 Å². The summed E-state index contributed by atoms with van der Waals surface area (Å²) in [5, 5.41) is 4.78. The van der Waals surface area contributed by atoms with E-state index < -0.39 is 16.1 Å². The lowest BCUT2D eigenvalue weighted by molar-refractivity contribution is -0.125. The number of rotatable bonds is 5. The van der Waals surface area contributed by atoms with Crippen LogP contribution in [0.1, 0.15) is 28.2 Å². The van der Waals surface area contributed by atoms with Gasteiger partial charge < -0.3 is 5.32 Å². The van der Waals surface area contributed by atoms with Gasteiger partial charge in [0, 0.05) is 19.0 Å². The number of amides is 1. The molecule has 0 radical (unpaired) electrons. The minimum Gasteiger partial charge on any atom is -0.354 e. The maximum Gasteiger partial charge on any atom is 0.253 e. The molecule has 2 aromatic carbocycles. The Morgan fingerprint density at radius 3 is 2.43 bits per heavy atom. The Morgan fingerprint density at radius 2 is 1.70 bits per heavy atom. The third-order valence-electron chi connectivity index (χ3n) is 6.05. The average Bonchev–Trinajstić information content (AvgIpc) is 3.29. The largest absolute Gasteiger partial charge is 0.354 e. The van der Waals surface area contributed by atoms with Crippen molar-refractivity contribution in [2.45, 2.75) is 35.6 Å². The first-order valence-corrected chi connectivity index (χ1v) is 12.3. The van der Waals surface area contributed by atoms with E-state index in [0.717, 1.165) is 17.5 Å². The van der Waals surface area contributed by atoms with Crippen LogP contribution in [0.5, 0.6) is 0 Å². The number of hydrogen-bond donors (Lipinski definition) is 1. The lowest BCUT2D eigenvalue weighted by Gasteiger charge is -2.36. The van der Waals surface area contributed by atoms with Gasteiger partial charge in [0.1, 0.15) is 10.3 Å². The molecule has 30 heavy (non-hydrogen) atoms. The number of nitrogens with one attached hydrogen (secondary N) is 1. The molecule has 2 heterocycles. The molecule has 0 fully saturated rings. The van der Waals surface area contributed by atoms with Crippen molar-refractivity contribution in [2.24, 2.45) is 0 Å². The highest BCUT2D eigenvalue weighted by atomic mass is 32.2. The Kier molecular flexibility index (Phi) is 4.97. The van der Waals surface area contributed by atoms with Gasteiger partial charge in [0.05, 0.1) is 0 Å². The summed E-state index contributed by atoms with van der Waals surface area (Å²) in [6.07, 6.45) is 1.33. The van der Waals surface area contributed by atoms with Crippen LogP contribution < -0.4 is 5.32 Å². The van der Waals surface area contributed by atoms with Crippen molar-refractivity contribution >= 4 is 27.3 Å². The zero-order chi connectivity index (χ0) is 20.7. The number of thiophene rings is 1. The van der Waals surface area contributed by atoms with Gasteiger partial charge in [-0.3, -0.25) is 4.79 Å². The molecule has 0 spiro atoms. The summed E-state index contributed by atoms with van der Waals surface area (Å²) in [6.45, 7) is 0.738. The van der Waals surface area contributed by atoms with Gasteiger partial charge >= 0.3 is 0 Å². The van der Waals surface area contributed by atoms with Crippen molar-refractivity contribution < 1.29 is 13.2 Å². The van der Waals surface area contributed by atoms with Crippen LogP contribution in [0.15, 0.2) is 70.3 Å². The van der Waals surface area contributed by atoms with Gasteiger partial charge in [-0.2, -0.15) is 4.31 Å². The lowest BCUT2D eigenvalue weighted by atomic mass is 9.77. The second-order valence-electron chi connectivity index (χ2n) is 7.82. The number of nitrogens with zero attached hydrogens (tertiary/aromatic N) is 1. The zero-order valence-corrected chi connectivity index (χ0v) is 18.0. The smallest absolute Gasteiger partial charge is 0.253 e. The summed E-state index contributed by atoms with van der Waals surface area (Å²) in [5.74, 6) is 0.0670. The highest BCUT2D eigenvalue weighted by molar-refractivity contribution is 7.91. The summed E-state index contributed by atoms with van der Waals surface area (Å²) >= 11 is 1.18. The third kappa shape index (κ3) is 3.37. The van der Waals surface area contributed by atoms with Gasteiger partial charge in [0.25, 0.3) is 10.0 Å². The molecule has 0 saturated carbocycles. The molecule has 2 aliphatic rings. The molecule has 1 aliphatic heterocycles. The van der Waals surface area contributed by atoms with E-state index in [9.17, 15) is 13.2 Å². The summed E-state index contributed by atoms with van der Waals surface area (Å²) in [7, 11) is -3.74. The molecule has 5 nitrogen and oxygen atoms in total. The number of carbonyl (C=O) groups excluding carboxylic acids is 1. The molecule has 0 bridgehead atoms. The summed E-state index contributed by atoms with van der Waals surface area (Å²) in [5.41, 5.74) is 4.58. The van der Waals surface area contributed by atoms with E-state index in [2.05, 4.69) is 17.4 Å². The van der Waals surface area contributed by atoms with Crippen molar-refractivity contribution in [3.63, 3.8) is 0 Å². The Morgan fingerprint density at radius 1 is 0.967 bits per heavy atom. The van der Waals surface area contributed by atoms with Gasteiger partial charge in [0.15, 0.2) is 0 Å². The topological polar surface area (TPSA) is 66.5 Å². The monoisotopic (exact) mass is 438 g/mol. The van der Waals surface area contributed by atoms with Crippen LogP contribution in [0.25, 0.3) is 0 Å². The highest BCUT2D eigenvalue weighted by Crippen LogP contribution is 2.35. The Labute approximate surface area is 180 Å². The molecule has 1 aliphatic carbocycles. The van der Waals surface area contributed by atoms with Crippen LogP contribution in [0.2, 0.25) is 0 Å². The van der Waals surface area contributed by atoms with E-state index >= 15 is 0 Å². The maximum atomic E-state index is 13.3. The van der Waals surface area contributed by atoms with Crippen LogP contribution in [0, 0.1) is 0 Å². The Hall–Kier alpha value is -2.48. The fraction of sp³-hybridized carbons (Fsp3) is 0.261. The van der Waals surface area contributed by atoms with E-state index in [0.29, 0.717) is 18.9 Å². The van der Waals surface area contributed by atoms with Gasteiger partial charge in [0.2, 0.25) is 5.91 Å². The molecule has 0 saturated heterocycles. The van der Waals surface area contributed by atoms with Crippen molar-refractivity contribution in [3.05, 3.63) is 88.3 Å². The van der Waals surface area contributed by atoms with Crippen molar-refractivity contribution in [2.75, 3.05) is 6.54 Å². The normalized spacial score (nSPS) is 20.7. The van der Waals surface area contributed by atoms with E-state index in [1.807, 2.05) is 36.4 Å². The van der Waals surface area contributed by atoms with Crippen molar-refractivity contribution in [3.8, 4) is 0 Å². The van der Waals surface area contributed by atoms with Crippen LogP contribution in [0.3, 0.4) is 0 Å². The number of fused-ring (bicyclic) bond motifs is 2. The van der Waals surface area contributed by atoms with Crippen LogP contribution in [-0.4, -0.2) is 31.2 Å². The van der Waals surface area contributed by atoms with E-state index in [1.165, 1.54) is 26.8 Å². The van der Waals surface area contributed by atoms with Gasteiger partial charge in [-0.15, -0.1) is 11.3 Å². The average molecular weight is 439 g/mol. The predicted octanol–water partition coefficient (Wildman–Crippen LogP) is 3.32. The first kappa shape index (κ1) is 19.5. The summed E-state index contributed by atoms with van der Waals surface area (Å²) in [6, 6.07) is 18.6. The van der Waals surface area contributed by atoms with Gasteiger partial charge in [-0.1, -0.05) is 54.6 Å². The molecular weight excluding hydrogens is 416 g/mol. The lowest BCUT2D eigenvalue weighted by Crippen LogP contribution is -2.53. The molecule has 3 aromatic rings. The van der Waals surface area contributed by atoms with E-state index in [-0.39, 0.29) is 16.7 Å². The summed E-state index contributed by atoms with van der Waals surface area (Å²) < 4.78 is 28.2. The summed E-state index contributed by atoms with van der Waals surface area (Å²) in [4.78, 5) is 13.2. The number of hydrogen-bond acceptors (Lipinski definition) is 4. The molecule has 1 N–H and O–H groups in total. The zero-order valence-electron chi connectivity index (χ0n) is 16.3. The standard InChI is InChI=1S/C23H22N2O3S2/c26-23(24-14-19-12-17-7-3-4-9-20(17)19)21-13-16-6-1-2-8-18(16)15-25(21)30(27,28)22-10-5-11-29-22/h1-11,19,21H,12-15H2,(H,24,26)/t19-,21-/m0/s1. The molecular formula is C23H22N2O3S2. The Bertz CT molecular complexity index is 1190. The molecule has 0 unspecified atom stereocenters. The second kappa shape index (κ2) is 7.65. The predicted molar refractivity (Wildman–Crippen MR) is 117 cm³/mol.